The molecular weight excluding hydrogens is 435 g/mol. The molecule has 1 aromatic carbocycles. The molecule has 0 saturated carbocycles. The molecular formula is C22H23FN4O6. The number of nitrogens with one attached hydrogen (secondary N) is 2. The Morgan fingerprint density at radius 1 is 1.27 bits per heavy atom. The van der Waals surface area contributed by atoms with Crippen LogP contribution >= 0.6 is 0 Å². The van der Waals surface area contributed by atoms with Crippen molar-refractivity contribution in [3.05, 3.63) is 42.3 Å². The van der Waals surface area contributed by atoms with Gasteiger partial charge in [0.1, 0.15) is 17.7 Å². The largest absolute Gasteiger partial charge is 0.453 e. The van der Waals surface area contributed by atoms with Gasteiger partial charge in [0.05, 0.1) is 18.8 Å². The highest BCUT2D eigenvalue weighted by Crippen LogP contribution is 2.29. The molecule has 11 heteroatoms. The van der Waals surface area contributed by atoms with Crippen LogP contribution in [-0.2, 0) is 23.9 Å². The van der Waals surface area contributed by atoms with E-state index < -0.39 is 36.0 Å². The van der Waals surface area contributed by atoms with Gasteiger partial charge in [-0.15, -0.1) is 0 Å². The molecule has 0 spiro atoms. The Kier molecular flexibility index (Phi) is 7.21. The average molecular weight is 458 g/mol. The predicted molar refractivity (Wildman–Crippen MR) is 116 cm³/mol. The number of cyclic esters (lactones) is 1. The van der Waals surface area contributed by atoms with Gasteiger partial charge in [0.25, 0.3) is 5.91 Å². The first-order valence-electron chi connectivity index (χ1n) is 10.1. The maximum absolute atomic E-state index is 14.8. The normalized spacial score (nSPS) is 16.1. The van der Waals surface area contributed by atoms with E-state index in [1.165, 1.54) is 50.1 Å². The summed E-state index contributed by atoms with van der Waals surface area (Å²) in [5, 5.41) is 5.09. The van der Waals surface area contributed by atoms with Crippen molar-refractivity contribution >= 4 is 35.4 Å². The van der Waals surface area contributed by atoms with E-state index in [9.17, 15) is 23.6 Å². The molecule has 33 heavy (non-hydrogen) atoms. The molecule has 1 saturated heterocycles. The van der Waals surface area contributed by atoms with E-state index in [4.69, 9.17) is 9.47 Å². The van der Waals surface area contributed by atoms with Gasteiger partial charge in [0.2, 0.25) is 5.91 Å². The first kappa shape index (κ1) is 23.6. The van der Waals surface area contributed by atoms with Gasteiger partial charge in [-0.1, -0.05) is 0 Å². The fourth-order valence-electron chi connectivity index (χ4n) is 3.16. The lowest BCUT2D eigenvalue weighted by Gasteiger charge is -2.15. The van der Waals surface area contributed by atoms with Crippen LogP contribution in [0.25, 0.3) is 11.1 Å². The Morgan fingerprint density at radius 3 is 2.64 bits per heavy atom. The van der Waals surface area contributed by atoms with Gasteiger partial charge in [0, 0.05) is 31.2 Å². The summed E-state index contributed by atoms with van der Waals surface area (Å²) < 4.78 is 24.8. The number of anilines is 2. The van der Waals surface area contributed by atoms with Gasteiger partial charge < -0.3 is 20.1 Å². The number of hydrogen-bond acceptors (Lipinski definition) is 7. The number of ether oxygens (including phenoxy) is 2. The quantitative estimate of drug-likeness (QED) is 0.609. The molecule has 2 aromatic rings. The number of nitrogens with zero attached hydrogens (tertiary/aromatic N) is 2. The van der Waals surface area contributed by atoms with Crippen LogP contribution in [0.2, 0.25) is 0 Å². The smallest absolute Gasteiger partial charge is 0.414 e. The molecule has 174 valence electrons. The minimum Gasteiger partial charge on any atom is -0.453 e. The van der Waals surface area contributed by atoms with Crippen LogP contribution in [0.3, 0.4) is 0 Å². The summed E-state index contributed by atoms with van der Waals surface area (Å²) in [4.78, 5) is 51.5. The molecule has 2 heterocycles. The molecule has 1 aliphatic heterocycles. The molecule has 0 radical (unpaired) electrons. The Bertz CT molecular complexity index is 1080. The van der Waals surface area contributed by atoms with Gasteiger partial charge in [-0.05, 0) is 37.3 Å². The number of carbonyl (C=O) groups is 4. The number of carbonyl (C=O) groups excluding carboxylic acids is 4. The summed E-state index contributed by atoms with van der Waals surface area (Å²) in [5.41, 5.74) is 1.03. The highest BCUT2D eigenvalue weighted by Gasteiger charge is 2.32. The van der Waals surface area contributed by atoms with Crippen LogP contribution in [0, 0.1) is 5.82 Å². The molecule has 1 unspecified atom stereocenters. The zero-order chi connectivity index (χ0) is 24.1. The molecule has 2 N–H and O–H groups in total. The van der Waals surface area contributed by atoms with Crippen molar-refractivity contribution in [2.75, 3.05) is 23.3 Å². The molecule has 10 nitrogen and oxygen atoms in total. The summed E-state index contributed by atoms with van der Waals surface area (Å²) in [6.45, 7) is 4.35. The van der Waals surface area contributed by atoms with E-state index in [1.807, 2.05) is 0 Å². The SMILES string of the molecule is CC(=O)NCC1CN(c2ccc(-c3ccc(NC(=O)[C@H](C)OC(C)=O)nc3)c(F)c2)C(=O)O1. The third-order valence-electron chi connectivity index (χ3n) is 4.75. The standard InChI is InChI=1S/C22H23FN4O6/c1-12(32-14(3)29)21(30)26-20-7-4-15(9-25-20)18-6-5-16(8-19(18)23)27-11-17(33-22(27)31)10-24-13(2)28/h4-9,12,17H,10-11H2,1-3H3,(H,24,28)(H,25,26,30)/t12-,17?/m0/s1. The molecule has 1 aromatic heterocycles. The van der Waals surface area contributed by atoms with Crippen molar-refractivity contribution < 1.29 is 33.0 Å². The van der Waals surface area contributed by atoms with Crippen molar-refractivity contribution in [2.45, 2.75) is 33.0 Å². The lowest BCUT2D eigenvalue weighted by atomic mass is 10.1. The fourth-order valence-corrected chi connectivity index (χ4v) is 3.16. The van der Waals surface area contributed by atoms with E-state index in [2.05, 4.69) is 15.6 Å². The second kappa shape index (κ2) is 10.1. The second-order valence-electron chi connectivity index (χ2n) is 7.39. The van der Waals surface area contributed by atoms with Gasteiger partial charge in [-0.2, -0.15) is 0 Å². The number of hydrogen-bond donors (Lipinski definition) is 2. The van der Waals surface area contributed by atoms with E-state index in [1.54, 1.807) is 12.1 Å². The molecule has 1 aliphatic rings. The van der Waals surface area contributed by atoms with E-state index in [-0.39, 0.29) is 30.4 Å². The van der Waals surface area contributed by atoms with Crippen LogP contribution in [0.4, 0.5) is 20.7 Å². The molecule has 0 aliphatic carbocycles. The number of aromatic nitrogens is 1. The summed E-state index contributed by atoms with van der Waals surface area (Å²) >= 11 is 0. The molecule has 3 amide bonds. The molecule has 3 rings (SSSR count). The maximum atomic E-state index is 14.8. The summed E-state index contributed by atoms with van der Waals surface area (Å²) in [6, 6.07) is 7.37. The third kappa shape index (κ3) is 6.03. The Balaban J connectivity index is 1.67. The third-order valence-corrected chi connectivity index (χ3v) is 4.75. The first-order valence-corrected chi connectivity index (χ1v) is 10.1. The molecule has 2 atom stereocenters. The van der Waals surface area contributed by atoms with Gasteiger partial charge >= 0.3 is 12.1 Å². The first-order chi connectivity index (χ1) is 15.6. The van der Waals surface area contributed by atoms with Crippen molar-refractivity contribution in [3.8, 4) is 11.1 Å². The highest BCUT2D eigenvalue weighted by atomic mass is 19.1. The van der Waals surface area contributed by atoms with E-state index >= 15 is 0 Å². The Labute approximate surface area is 189 Å². The summed E-state index contributed by atoms with van der Waals surface area (Å²) in [5.74, 6) is -1.73. The van der Waals surface area contributed by atoms with Crippen LogP contribution in [0.15, 0.2) is 36.5 Å². The number of halogens is 1. The Hall–Kier alpha value is -4.02. The summed E-state index contributed by atoms with van der Waals surface area (Å²) in [7, 11) is 0. The monoisotopic (exact) mass is 458 g/mol. The number of benzene rings is 1. The zero-order valence-electron chi connectivity index (χ0n) is 18.3. The van der Waals surface area contributed by atoms with Gasteiger partial charge in [-0.25, -0.2) is 14.2 Å². The fraction of sp³-hybridized carbons (Fsp3) is 0.318. The Morgan fingerprint density at radius 2 is 2.03 bits per heavy atom. The lowest BCUT2D eigenvalue weighted by Crippen LogP contribution is -2.33. The van der Waals surface area contributed by atoms with E-state index in [0.717, 1.165) is 0 Å². The van der Waals surface area contributed by atoms with Gasteiger partial charge in [0.15, 0.2) is 6.10 Å². The van der Waals surface area contributed by atoms with Crippen LogP contribution in [-0.4, -0.2) is 54.2 Å². The van der Waals surface area contributed by atoms with Crippen molar-refractivity contribution in [1.82, 2.24) is 10.3 Å². The van der Waals surface area contributed by atoms with Crippen molar-refractivity contribution in [2.24, 2.45) is 0 Å². The van der Waals surface area contributed by atoms with Crippen LogP contribution in [0.5, 0.6) is 0 Å². The topological polar surface area (TPSA) is 127 Å². The minimum atomic E-state index is -0.982. The number of amides is 3. The van der Waals surface area contributed by atoms with Crippen LogP contribution < -0.4 is 15.5 Å². The minimum absolute atomic E-state index is 0.173. The predicted octanol–water partition coefficient (Wildman–Crippen LogP) is 2.24. The highest BCUT2D eigenvalue weighted by molar-refractivity contribution is 5.94. The maximum Gasteiger partial charge on any atom is 0.414 e. The molecule has 1 fully saturated rings. The zero-order valence-corrected chi connectivity index (χ0v) is 18.3. The summed E-state index contributed by atoms with van der Waals surface area (Å²) in [6.07, 6.45) is -0.747. The van der Waals surface area contributed by atoms with Gasteiger partial charge in [-0.3, -0.25) is 19.3 Å². The molecule has 0 bridgehead atoms. The average Bonchev–Trinajstić information content (AvgIpc) is 3.13. The number of pyridine rings is 1. The van der Waals surface area contributed by atoms with Crippen LogP contribution in [0.1, 0.15) is 20.8 Å². The van der Waals surface area contributed by atoms with Crippen molar-refractivity contribution in [1.29, 1.82) is 0 Å². The van der Waals surface area contributed by atoms with E-state index in [0.29, 0.717) is 11.3 Å². The second-order valence-corrected chi connectivity index (χ2v) is 7.39. The number of esters is 1. The lowest BCUT2D eigenvalue weighted by molar-refractivity contribution is -0.150. The number of rotatable bonds is 7. The van der Waals surface area contributed by atoms with Crippen molar-refractivity contribution in [3.63, 3.8) is 0 Å².